The molecule has 144 valence electrons. The van der Waals surface area contributed by atoms with Gasteiger partial charge in [0.1, 0.15) is 12.6 Å². The van der Waals surface area contributed by atoms with Crippen LogP contribution in [0.3, 0.4) is 0 Å². The van der Waals surface area contributed by atoms with Gasteiger partial charge in [-0.2, -0.15) is 0 Å². The Bertz CT molecular complexity index is 564. The maximum Gasteiger partial charge on any atom is 0.410 e. The van der Waals surface area contributed by atoms with Gasteiger partial charge >= 0.3 is 12.1 Å². The molecule has 26 heavy (non-hydrogen) atoms. The summed E-state index contributed by atoms with van der Waals surface area (Å²) in [4.78, 5) is 26.8. The summed E-state index contributed by atoms with van der Waals surface area (Å²) in [6.45, 7) is 6.59. The van der Waals surface area contributed by atoms with Crippen molar-refractivity contribution >= 4 is 12.1 Å². The van der Waals surface area contributed by atoms with Crippen molar-refractivity contribution in [1.82, 2.24) is 10.2 Å². The largest absolute Gasteiger partial charge is 0.464 e. The number of amides is 1. The van der Waals surface area contributed by atoms with Crippen LogP contribution in [0.4, 0.5) is 4.79 Å². The Morgan fingerprint density at radius 2 is 1.92 bits per heavy atom. The Hall–Kier alpha value is -2.08. The Kier molecular flexibility index (Phi) is 8.41. The molecule has 0 aromatic heterocycles. The minimum absolute atomic E-state index is 0.196. The first-order valence-corrected chi connectivity index (χ1v) is 9.46. The van der Waals surface area contributed by atoms with Gasteiger partial charge in [0.25, 0.3) is 0 Å². The lowest BCUT2D eigenvalue weighted by Gasteiger charge is -2.32. The van der Waals surface area contributed by atoms with Crippen LogP contribution in [0.15, 0.2) is 30.3 Å². The number of benzene rings is 1. The molecule has 1 N–H and O–H groups in total. The first-order chi connectivity index (χ1) is 12.6. The molecule has 2 unspecified atom stereocenters. The Labute approximate surface area is 155 Å². The SMILES string of the molecule is CCOC(=O)C1CCCNCCC(C)CN1C(=O)OCc1ccccc1. The van der Waals surface area contributed by atoms with Crippen LogP contribution in [0.25, 0.3) is 0 Å². The van der Waals surface area contributed by atoms with Crippen LogP contribution < -0.4 is 5.32 Å². The van der Waals surface area contributed by atoms with Crippen LogP contribution in [0.1, 0.15) is 38.7 Å². The van der Waals surface area contributed by atoms with Crippen molar-refractivity contribution < 1.29 is 19.1 Å². The Balaban J connectivity index is 2.10. The summed E-state index contributed by atoms with van der Waals surface area (Å²) in [7, 11) is 0. The van der Waals surface area contributed by atoms with Crippen molar-refractivity contribution in [1.29, 1.82) is 0 Å². The Morgan fingerprint density at radius 1 is 1.15 bits per heavy atom. The number of carbonyl (C=O) groups excluding carboxylic acids is 2. The van der Waals surface area contributed by atoms with E-state index in [0.29, 0.717) is 19.6 Å². The number of esters is 1. The van der Waals surface area contributed by atoms with Crippen molar-refractivity contribution in [2.75, 3.05) is 26.2 Å². The third-order valence-electron chi connectivity index (χ3n) is 4.53. The molecule has 0 bridgehead atoms. The summed E-state index contributed by atoms with van der Waals surface area (Å²) in [5.74, 6) is -0.0845. The van der Waals surface area contributed by atoms with Gasteiger partial charge in [-0.05, 0) is 50.8 Å². The maximum atomic E-state index is 12.8. The molecule has 1 amide bonds. The summed E-state index contributed by atoms with van der Waals surface area (Å²) in [6, 6.07) is 8.95. The van der Waals surface area contributed by atoms with Crippen LogP contribution in [0.2, 0.25) is 0 Å². The fourth-order valence-corrected chi connectivity index (χ4v) is 3.09. The highest BCUT2D eigenvalue weighted by molar-refractivity contribution is 5.81. The average molecular weight is 362 g/mol. The van der Waals surface area contributed by atoms with Gasteiger partial charge < -0.3 is 14.8 Å². The molecule has 1 saturated heterocycles. The molecular weight excluding hydrogens is 332 g/mol. The number of hydrogen-bond donors (Lipinski definition) is 1. The highest BCUT2D eigenvalue weighted by Crippen LogP contribution is 2.17. The van der Waals surface area contributed by atoms with Gasteiger partial charge in [-0.15, -0.1) is 0 Å². The summed E-state index contributed by atoms with van der Waals surface area (Å²) in [5, 5.41) is 3.38. The summed E-state index contributed by atoms with van der Waals surface area (Å²) >= 11 is 0. The lowest BCUT2D eigenvalue weighted by atomic mass is 10.0. The molecule has 1 fully saturated rings. The van der Waals surface area contributed by atoms with Crippen LogP contribution >= 0.6 is 0 Å². The zero-order chi connectivity index (χ0) is 18.8. The quantitative estimate of drug-likeness (QED) is 0.834. The normalized spacial score (nSPS) is 21.7. The van der Waals surface area contributed by atoms with Crippen LogP contribution in [-0.4, -0.2) is 49.2 Å². The van der Waals surface area contributed by atoms with Crippen LogP contribution in [0.5, 0.6) is 0 Å². The highest BCUT2D eigenvalue weighted by Gasteiger charge is 2.33. The average Bonchev–Trinajstić information content (AvgIpc) is 2.65. The minimum Gasteiger partial charge on any atom is -0.464 e. The standard InChI is InChI=1S/C20H30N2O4/c1-3-25-19(23)18-10-7-12-21-13-11-16(2)14-22(18)20(24)26-15-17-8-5-4-6-9-17/h4-6,8-9,16,18,21H,3,7,10-15H2,1-2H3. The predicted molar refractivity (Wildman–Crippen MR) is 99.6 cm³/mol. The summed E-state index contributed by atoms with van der Waals surface area (Å²) < 4.78 is 10.7. The van der Waals surface area contributed by atoms with E-state index < -0.39 is 12.1 Å². The molecule has 6 nitrogen and oxygen atoms in total. The molecule has 1 aliphatic heterocycles. The predicted octanol–water partition coefficient (Wildman–Crippen LogP) is 2.97. The van der Waals surface area contributed by atoms with E-state index in [4.69, 9.17) is 9.47 Å². The minimum atomic E-state index is -0.597. The molecule has 0 aliphatic carbocycles. The zero-order valence-corrected chi connectivity index (χ0v) is 15.8. The summed E-state index contributed by atoms with van der Waals surface area (Å²) in [6.07, 6.45) is 1.87. The third kappa shape index (κ3) is 6.33. The fourth-order valence-electron chi connectivity index (χ4n) is 3.09. The number of ether oxygens (including phenoxy) is 2. The van der Waals surface area contributed by atoms with Crippen molar-refractivity contribution in [2.24, 2.45) is 5.92 Å². The van der Waals surface area contributed by atoms with Crippen LogP contribution in [-0.2, 0) is 20.9 Å². The Morgan fingerprint density at radius 3 is 2.65 bits per heavy atom. The third-order valence-corrected chi connectivity index (χ3v) is 4.53. The number of carbonyl (C=O) groups is 2. The molecule has 0 saturated carbocycles. The lowest BCUT2D eigenvalue weighted by Crippen LogP contribution is -2.49. The first-order valence-electron chi connectivity index (χ1n) is 9.46. The van der Waals surface area contributed by atoms with Crippen molar-refractivity contribution in [3.8, 4) is 0 Å². The molecule has 2 rings (SSSR count). The molecular formula is C20H30N2O4. The van der Waals surface area contributed by atoms with Gasteiger partial charge in [0, 0.05) is 6.54 Å². The van der Waals surface area contributed by atoms with E-state index in [1.54, 1.807) is 11.8 Å². The molecule has 1 heterocycles. The van der Waals surface area contributed by atoms with E-state index in [1.165, 1.54) is 0 Å². The van der Waals surface area contributed by atoms with Gasteiger partial charge in [0.05, 0.1) is 6.61 Å². The number of hydrogen-bond acceptors (Lipinski definition) is 5. The van der Waals surface area contributed by atoms with E-state index >= 15 is 0 Å². The fraction of sp³-hybridized carbons (Fsp3) is 0.600. The smallest absolute Gasteiger partial charge is 0.410 e. The molecule has 2 atom stereocenters. The zero-order valence-electron chi connectivity index (χ0n) is 15.8. The van der Waals surface area contributed by atoms with Gasteiger partial charge in [-0.25, -0.2) is 9.59 Å². The monoisotopic (exact) mass is 362 g/mol. The second-order valence-electron chi connectivity index (χ2n) is 6.75. The summed E-state index contributed by atoms with van der Waals surface area (Å²) in [5.41, 5.74) is 0.923. The first kappa shape index (κ1) is 20.2. The second kappa shape index (κ2) is 10.8. The van der Waals surface area contributed by atoms with Gasteiger partial charge in [-0.1, -0.05) is 37.3 Å². The number of nitrogens with one attached hydrogen (secondary N) is 1. The molecule has 0 radical (unpaired) electrons. The van der Waals surface area contributed by atoms with Crippen LogP contribution in [0, 0.1) is 5.92 Å². The molecule has 0 spiro atoms. The second-order valence-corrected chi connectivity index (χ2v) is 6.75. The van der Waals surface area contributed by atoms with E-state index in [1.807, 2.05) is 30.3 Å². The topological polar surface area (TPSA) is 67.9 Å². The van der Waals surface area contributed by atoms with E-state index in [9.17, 15) is 9.59 Å². The van der Waals surface area contributed by atoms with E-state index in [2.05, 4.69) is 12.2 Å². The van der Waals surface area contributed by atoms with Gasteiger partial charge in [0.15, 0.2) is 0 Å². The van der Waals surface area contributed by atoms with E-state index in [-0.39, 0.29) is 18.5 Å². The van der Waals surface area contributed by atoms with Crippen molar-refractivity contribution in [2.45, 2.75) is 45.8 Å². The molecule has 1 aromatic carbocycles. The van der Waals surface area contributed by atoms with Crippen molar-refractivity contribution in [3.05, 3.63) is 35.9 Å². The molecule has 6 heteroatoms. The number of rotatable bonds is 4. The van der Waals surface area contributed by atoms with Gasteiger partial charge in [0.2, 0.25) is 0 Å². The lowest BCUT2D eigenvalue weighted by molar-refractivity contribution is -0.149. The highest BCUT2D eigenvalue weighted by atomic mass is 16.6. The number of nitrogens with zero attached hydrogens (tertiary/aromatic N) is 1. The van der Waals surface area contributed by atoms with Gasteiger partial charge in [-0.3, -0.25) is 4.90 Å². The molecule has 1 aromatic rings. The maximum absolute atomic E-state index is 12.8. The van der Waals surface area contributed by atoms with Crippen molar-refractivity contribution in [3.63, 3.8) is 0 Å². The van der Waals surface area contributed by atoms with E-state index in [0.717, 1.165) is 31.5 Å². The molecule has 1 aliphatic rings.